The number of carbonyl (C=O) groups excluding carboxylic acids is 3. The molecule has 0 aromatic carbocycles. The second kappa shape index (κ2) is 7.04. The van der Waals surface area contributed by atoms with Crippen LogP contribution in [0.2, 0.25) is 0 Å². The standard InChI is InChI=1S/C21H19N3O4S/c1-21(2,3)19(26)16-17(14-5-4-10-29-14)24(20(27)18(16)25)15-7-6-12(11-22-15)13-8-9-28-23-13/h4-11,16-17H,1-3H3. The number of hydrogen-bond acceptors (Lipinski definition) is 7. The Bertz CT molecular complexity index is 1050. The average molecular weight is 409 g/mol. The van der Waals surface area contributed by atoms with Crippen LogP contribution < -0.4 is 4.90 Å². The van der Waals surface area contributed by atoms with E-state index in [-0.39, 0.29) is 5.78 Å². The Morgan fingerprint density at radius 3 is 2.52 bits per heavy atom. The van der Waals surface area contributed by atoms with Crippen LogP contribution in [0.4, 0.5) is 5.82 Å². The molecule has 4 rings (SSSR count). The SMILES string of the molecule is CC(C)(C)C(=O)C1C(=O)C(=O)N(c2ccc(-c3ccon3)cn2)C1c1cccs1. The van der Waals surface area contributed by atoms with Crippen molar-refractivity contribution in [2.24, 2.45) is 11.3 Å². The number of ketones is 2. The third-order valence-electron chi connectivity index (χ3n) is 4.89. The van der Waals surface area contributed by atoms with E-state index in [1.807, 2.05) is 17.5 Å². The number of thiophene rings is 1. The highest BCUT2D eigenvalue weighted by molar-refractivity contribution is 7.10. The highest BCUT2D eigenvalue weighted by Gasteiger charge is 2.54. The number of nitrogens with zero attached hydrogens (tertiary/aromatic N) is 3. The average Bonchev–Trinajstić information content (AvgIpc) is 3.43. The summed E-state index contributed by atoms with van der Waals surface area (Å²) in [5.41, 5.74) is 0.579. The van der Waals surface area contributed by atoms with Crippen LogP contribution in [-0.2, 0) is 14.4 Å². The van der Waals surface area contributed by atoms with E-state index in [0.29, 0.717) is 11.5 Å². The molecule has 7 nitrogen and oxygen atoms in total. The summed E-state index contributed by atoms with van der Waals surface area (Å²) < 4.78 is 4.85. The van der Waals surface area contributed by atoms with Crippen molar-refractivity contribution in [2.45, 2.75) is 26.8 Å². The Balaban J connectivity index is 1.78. The van der Waals surface area contributed by atoms with Gasteiger partial charge in [0.15, 0.2) is 5.78 Å². The molecule has 1 amide bonds. The molecular weight excluding hydrogens is 390 g/mol. The number of Topliss-reactive ketones (excluding diaryl/α,β-unsaturated/α-hetero) is 2. The minimum Gasteiger partial charge on any atom is -0.364 e. The van der Waals surface area contributed by atoms with Crippen LogP contribution in [0, 0.1) is 11.3 Å². The van der Waals surface area contributed by atoms with E-state index in [0.717, 1.165) is 10.4 Å². The number of pyridine rings is 1. The second-order valence-corrected chi connectivity index (χ2v) is 8.86. The highest BCUT2D eigenvalue weighted by atomic mass is 32.1. The first-order valence-corrected chi connectivity index (χ1v) is 9.99. The van der Waals surface area contributed by atoms with Crippen molar-refractivity contribution in [3.63, 3.8) is 0 Å². The summed E-state index contributed by atoms with van der Waals surface area (Å²) in [6.45, 7) is 5.27. The molecule has 3 aromatic rings. The summed E-state index contributed by atoms with van der Waals surface area (Å²) in [5, 5.41) is 5.73. The van der Waals surface area contributed by atoms with Gasteiger partial charge < -0.3 is 4.52 Å². The molecule has 148 valence electrons. The fourth-order valence-corrected chi connectivity index (χ4v) is 4.29. The number of hydrogen-bond donors (Lipinski definition) is 0. The number of rotatable bonds is 4. The number of anilines is 1. The Morgan fingerprint density at radius 2 is 1.97 bits per heavy atom. The predicted octanol–water partition coefficient (Wildman–Crippen LogP) is 3.69. The maximum Gasteiger partial charge on any atom is 0.297 e. The van der Waals surface area contributed by atoms with Crippen molar-refractivity contribution < 1.29 is 18.9 Å². The molecule has 8 heteroatoms. The maximum atomic E-state index is 13.1. The van der Waals surface area contributed by atoms with Crippen LogP contribution in [0.1, 0.15) is 31.7 Å². The van der Waals surface area contributed by atoms with Gasteiger partial charge in [-0.2, -0.15) is 0 Å². The lowest BCUT2D eigenvalue weighted by Gasteiger charge is -2.28. The van der Waals surface area contributed by atoms with Gasteiger partial charge in [0.2, 0.25) is 5.78 Å². The van der Waals surface area contributed by atoms with Crippen molar-refractivity contribution >= 4 is 34.6 Å². The van der Waals surface area contributed by atoms with E-state index in [2.05, 4.69) is 10.1 Å². The third kappa shape index (κ3) is 3.29. The highest BCUT2D eigenvalue weighted by Crippen LogP contribution is 2.43. The van der Waals surface area contributed by atoms with Crippen molar-refractivity contribution in [3.05, 3.63) is 53.0 Å². The molecule has 3 aromatic heterocycles. The molecule has 1 aliphatic heterocycles. The molecule has 0 saturated carbocycles. The van der Waals surface area contributed by atoms with E-state index in [1.165, 1.54) is 22.5 Å². The lowest BCUT2D eigenvalue weighted by Crippen LogP contribution is -2.35. The van der Waals surface area contributed by atoms with E-state index in [1.54, 1.807) is 45.2 Å². The molecule has 0 aliphatic carbocycles. The maximum absolute atomic E-state index is 13.1. The van der Waals surface area contributed by atoms with Gasteiger partial charge in [0.05, 0.1) is 6.04 Å². The zero-order valence-corrected chi connectivity index (χ0v) is 17.0. The molecule has 0 radical (unpaired) electrons. The largest absolute Gasteiger partial charge is 0.364 e. The first-order chi connectivity index (χ1) is 13.8. The lowest BCUT2D eigenvalue weighted by atomic mass is 9.79. The molecule has 4 heterocycles. The van der Waals surface area contributed by atoms with Gasteiger partial charge in [0, 0.05) is 28.1 Å². The lowest BCUT2D eigenvalue weighted by molar-refractivity contribution is -0.141. The Hall–Kier alpha value is -3.13. The smallest absolute Gasteiger partial charge is 0.297 e. The quantitative estimate of drug-likeness (QED) is 0.482. The van der Waals surface area contributed by atoms with E-state index < -0.39 is 29.1 Å². The third-order valence-corrected chi connectivity index (χ3v) is 5.83. The van der Waals surface area contributed by atoms with Crippen molar-refractivity contribution in [2.75, 3.05) is 4.90 Å². The van der Waals surface area contributed by atoms with Gasteiger partial charge >= 0.3 is 0 Å². The zero-order chi connectivity index (χ0) is 20.8. The van der Waals surface area contributed by atoms with E-state index in [4.69, 9.17) is 4.52 Å². The topological polar surface area (TPSA) is 93.4 Å². The molecule has 1 fully saturated rings. The van der Waals surface area contributed by atoms with Crippen LogP contribution in [0.25, 0.3) is 11.3 Å². The normalized spacial score (nSPS) is 19.8. The fraction of sp³-hybridized carbons (Fsp3) is 0.286. The second-order valence-electron chi connectivity index (χ2n) is 7.88. The summed E-state index contributed by atoms with van der Waals surface area (Å²) in [6.07, 6.45) is 3.02. The number of aromatic nitrogens is 2. The monoisotopic (exact) mass is 409 g/mol. The van der Waals surface area contributed by atoms with Crippen LogP contribution in [-0.4, -0.2) is 27.6 Å². The molecule has 1 aliphatic rings. The zero-order valence-electron chi connectivity index (χ0n) is 16.2. The predicted molar refractivity (Wildman–Crippen MR) is 107 cm³/mol. The first-order valence-electron chi connectivity index (χ1n) is 9.11. The number of amides is 1. The van der Waals surface area contributed by atoms with Crippen LogP contribution in [0.5, 0.6) is 0 Å². The van der Waals surface area contributed by atoms with Gasteiger partial charge in [-0.25, -0.2) is 4.98 Å². The van der Waals surface area contributed by atoms with Crippen molar-refractivity contribution in [1.29, 1.82) is 0 Å². The fourth-order valence-electron chi connectivity index (χ4n) is 3.44. The summed E-state index contributed by atoms with van der Waals surface area (Å²) in [5.74, 6) is -2.40. The molecule has 2 unspecified atom stereocenters. The molecule has 0 bridgehead atoms. The molecular formula is C21H19N3O4S. The van der Waals surface area contributed by atoms with Crippen molar-refractivity contribution in [3.8, 4) is 11.3 Å². The summed E-state index contributed by atoms with van der Waals surface area (Å²) >= 11 is 1.41. The Kier molecular flexibility index (Phi) is 4.66. The molecule has 0 N–H and O–H groups in total. The van der Waals surface area contributed by atoms with E-state index in [9.17, 15) is 14.4 Å². The van der Waals surface area contributed by atoms with Crippen molar-refractivity contribution in [1.82, 2.24) is 10.1 Å². The van der Waals surface area contributed by atoms with Gasteiger partial charge in [-0.05, 0) is 23.6 Å². The molecule has 0 spiro atoms. The number of carbonyl (C=O) groups is 3. The van der Waals surface area contributed by atoms with Gasteiger partial charge in [0.25, 0.3) is 5.91 Å². The summed E-state index contributed by atoms with van der Waals surface area (Å²) in [6, 6.07) is 8.08. The first kappa shape index (κ1) is 19.2. The van der Waals surface area contributed by atoms with Crippen LogP contribution in [0.3, 0.4) is 0 Å². The molecule has 29 heavy (non-hydrogen) atoms. The van der Waals surface area contributed by atoms with Gasteiger partial charge in [0.1, 0.15) is 23.7 Å². The van der Waals surface area contributed by atoms with Gasteiger partial charge in [-0.3, -0.25) is 19.3 Å². The summed E-state index contributed by atoms with van der Waals surface area (Å²) in [4.78, 5) is 45.4. The van der Waals surface area contributed by atoms with Gasteiger partial charge in [-0.15, -0.1) is 11.3 Å². The summed E-state index contributed by atoms with van der Waals surface area (Å²) in [7, 11) is 0. The Morgan fingerprint density at radius 1 is 1.17 bits per heavy atom. The van der Waals surface area contributed by atoms with Crippen LogP contribution in [0.15, 0.2) is 52.7 Å². The van der Waals surface area contributed by atoms with Gasteiger partial charge in [-0.1, -0.05) is 32.0 Å². The molecule has 1 saturated heterocycles. The van der Waals surface area contributed by atoms with Crippen LogP contribution >= 0.6 is 11.3 Å². The Labute approximate surface area is 171 Å². The molecule has 2 atom stereocenters. The minimum atomic E-state index is -1.06. The minimum absolute atomic E-state index is 0.254. The van der Waals surface area contributed by atoms with E-state index >= 15 is 0 Å².